The standard InChI is InChI=1S/C20H23N3O4S/c1-13(24)21-14(18-9-6-10-28-18)11-19(25)23-12-17(20(26)22(2)3)27-16-8-5-4-7-15(16)23/h4-10,14,17H,11-12H2,1-3H3,(H,21,24). The zero-order chi connectivity index (χ0) is 20.3. The molecule has 7 nitrogen and oxygen atoms in total. The van der Waals surface area contributed by atoms with Gasteiger partial charge in [-0.2, -0.15) is 0 Å². The smallest absolute Gasteiger partial charge is 0.265 e. The molecule has 0 aliphatic carbocycles. The Labute approximate surface area is 167 Å². The summed E-state index contributed by atoms with van der Waals surface area (Å²) >= 11 is 1.49. The average Bonchev–Trinajstić information content (AvgIpc) is 3.20. The van der Waals surface area contributed by atoms with E-state index in [1.165, 1.54) is 23.2 Å². The molecule has 0 saturated carbocycles. The number of amides is 3. The first kappa shape index (κ1) is 19.9. The summed E-state index contributed by atoms with van der Waals surface area (Å²) in [5.74, 6) is -0.0906. The summed E-state index contributed by atoms with van der Waals surface area (Å²) in [6.07, 6.45) is -0.674. The van der Waals surface area contributed by atoms with E-state index in [0.29, 0.717) is 11.4 Å². The summed E-state index contributed by atoms with van der Waals surface area (Å²) in [6.45, 7) is 1.56. The van der Waals surface area contributed by atoms with Crippen molar-refractivity contribution in [3.05, 3.63) is 46.7 Å². The number of fused-ring (bicyclic) bond motifs is 1. The highest BCUT2D eigenvalue weighted by Crippen LogP contribution is 2.35. The quantitative estimate of drug-likeness (QED) is 0.833. The molecule has 2 unspecified atom stereocenters. The second kappa shape index (κ2) is 8.43. The molecule has 8 heteroatoms. The number of para-hydroxylation sites is 2. The highest BCUT2D eigenvalue weighted by atomic mass is 32.1. The largest absolute Gasteiger partial charge is 0.476 e. The molecule has 1 aliphatic rings. The van der Waals surface area contributed by atoms with Crippen LogP contribution < -0.4 is 15.0 Å². The Hall–Kier alpha value is -2.87. The van der Waals surface area contributed by atoms with E-state index in [0.717, 1.165) is 4.88 Å². The number of likely N-dealkylation sites (N-methyl/N-ethyl adjacent to an activating group) is 1. The summed E-state index contributed by atoms with van der Waals surface area (Å²) in [4.78, 5) is 41.2. The van der Waals surface area contributed by atoms with Crippen molar-refractivity contribution >= 4 is 34.7 Å². The van der Waals surface area contributed by atoms with Crippen LogP contribution in [0.4, 0.5) is 5.69 Å². The lowest BCUT2D eigenvalue weighted by atomic mass is 10.1. The third kappa shape index (κ3) is 4.33. The topological polar surface area (TPSA) is 79.0 Å². The SMILES string of the molecule is CC(=O)NC(CC(=O)N1CC(C(=O)N(C)C)Oc2ccccc21)c1cccs1. The number of benzene rings is 1. The van der Waals surface area contributed by atoms with Crippen molar-refractivity contribution in [2.45, 2.75) is 25.5 Å². The van der Waals surface area contributed by atoms with Gasteiger partial charge in [-0.25, -0.2) is 0 Å². The van der Waals surface area contributed by atoms with E-state index in [4.69, 9.17) is 4.74 Å². The lowest BCUT2D eigenvalue weighted by molar-refractivity contribution is -0.136. The zero-order valence-electron chi connectivity index (χ0n) is 16.0. The van der Waals surface area contributed by atoms with Crippen molar-refractivity contribution in [1.29, 1.82) is 0 Å². The molecule has 2 atom stereocenters. The van der Waals surface area contributed by atoms with Crippen LogP contribution in [0.25, 0.3) is 0 Å². The van der Waals surface area contributed by atoms with Gasteiger partial charge in [0.1, 0.15) is 5.75 Å². The van der Waals surface area contributed by atoms with Crippen molar-refractivity contribution in [2.24, 2.45) is 0 Å². The van der Waals surface area contributed by atoms with Gasteiger partial charge >= 0.3 is 0 Å². The molecule has 3 amide bonds. The van der Waals surface area contributed by atoms with E-state index in [1.54, 1.807) is 37.2 Å². The number of nitrogens with one attached hydrogen (secondary N) is 1. The van der Waals surface area contributed by atoms with E-state index in [9.17, 15) is 14.4 Å². The van der Waals surface area contributed by atoms with Crippen LogP contribution in [-0.4, -0.2) is 49.4 Å². The number of thiophene rings is 1. The van der Waals surface area contributed by atoms with Crippen molar-refractivity contribution in [3.63, 3.8) is 0 Å². The van der Waals surface area contributed by atoms with Gasteiger partial charge in [0.25, 0.3) is 5.91 Å². The molecule has 3 rings (SSSR count). The van der Waals surface area contributed by atoms with Gasteiger partial charge in [0.15, 0.2) is 6.10 Å². The van der Waals surface area contributed by atoms with Crippen LogP contribution in [0.5, 0.6) is 5.75 Å². The minimum atomic E-state index is -0.769. The number of carbonyl (C=O) groups is 3. The minimum absolute atomic E-state index is 0.0945. The summed E-state index contributed by atoms with van der Waals surface area (Å²) in [7, 11) is 3.31. The average molecular weight is 401 g/mol. The van der Waals surface area contributed by atoms with E-state index < -0.39 is 12.1 Å². The second-order valence-electron chi connectivity index (χ2n) is 6.78. The molecule has 1 aromatic carbocycles. The fourth-order valence-electron chi connectivity index (χ4n) is 3.13. The van der Waals surface area contributed by atoms with Crippen LogP contribution >= 0.6 is 11.3 Å². The summed E-state index contributed by atoms with van der Waals surface area (Å²) < 4.78 is 5.82. The van der Waals surface area contributed by atoms with E-state index in [2.05, 4.69) is 5.32 Å². The first-order valence-corrected chi connectivity index (χ1v) is 9.82. The molecule has 2 aromatic rings. The lowest BCUT2D eigenvalue weighted by Gasteiger charge is -2.35. The van der Waals surface area contributed by atoms with Gasteiger partial charge in [-0.15, -0.1) is 11.3 Å². The van der Waals surface area contributed by atoms with Crippen molar-refractivity contribution in [3.8, 4) is 5.75 Å². The molecular formula is C20H23N3O4S. The van der Waals surface area contributed by atoms with Gasteiger partial charge in [0.2, 0.25) is 11.8 Å². The van der Waals surface area contributed by atoms with E-state index >= 15 is 0 Å². The molecule has 1 N–H and O–H groups in total. The molecule has 0 saturated heterocycles. The Bertz CT molecular complexity index is 866. The minimum Gasteiger partial charge on any atom is -0.476 e. The Morgan fingerprint density at radius 1 is 1.25 bits per heavy atom. The predicted molar refractivity (Wildman–Crippen MR) is 107 cm³/mol. The number of hydrogen-bond acceptors (Lipinski definition) is 5. The zero-order valence-corrected chi connectivity index (χ0v) is 16.9. The highest BCUT2D eigenvalue weighted by molar-refractivity contribution is 7.10. The molecule has 0 spiro atoms. The predicted octanol–water partition coefficient (Wildman–Crippen LogP) is 2.20. The monoisotopic (exact) mass is 401 g/mol. The number of ether oxygens (including phenoxy) is 1. The molecule has 0 fully saturated rings. The second-order valence-corrected chi connectivity index (χ2v) is 7.76. The van der Waals surface area contributed by atoms with Crippen LogP contribution in [0, 0.1) is 0 Å². The molecule has 148 valence electrons. The Kier molecular flexibility index (Phi) is 5.99. The molecule has 0 bridgehead atoms. The molecule has 1 aliphatic heterocycles. The third-order valence-electron chi connectivity index (χ3n) is 4.43. The highest BCUT2D eigenvalue weighted by Gasteiger charge is 2.35. The van der Waals surface area contributed by atoms with Crippen molar-refractivity contribution in [2.75, 3.05) is 25.5 Å². The fraction of sp³-hybridized carbons (Fsp3) is 0.350. The van der Waals surface area contributed by atoms with Crippen molar-refractivity contribution < 1.29 is 19.1 Å². The van der Waals surface area contributed by atoms with Gasteiger partial charge in [-0.3, -0.25) is 14.4 Å². The van der Waals surface area contributed by atoms with Gasteiger partial charge in [-0.05, 0) is 23.6 Å². The Morgan fingerprint density at radius 3 is 2.64 bits per heavy atom. The Morgan fingerprint density at radius 2 is 2.00 bits per heavy atom. The molecule has 28 heavy (non-hydrogen) atoms. The lowest BCUT2D eigenvalue weighted by Crippen LogP contribution is -2.50. The van der Waals surface area contributed by atoms with Gasteiger partial charge in [-0.1, -0.05) is 18.2 Å². The summed E-state index contributed by atoms with van der Waals surface area (Å²) in [6, 6.07) is 10.5. The van der Waals surface area contributed by atoms with E-state index in [1.807, 2.05) is 23.6 Å². The number of anilines is 1. The van der Waals surface area contributed by atoms with Gasteiger partial charge < -0.3 is 19.9 Å². The molecule has 0 radical (unpaired) electrons. The van der Waals surface area contributed by atoms with Crippen LogP contribution in [0.1, 0.15) is 24.3 Å². The third-order valence-corrected chi connectivity index (χ3v) is 5.42. The number of nitrogens with zero attached hydrogens (tertiary/aromatic N) is 2. The first-order valence-electron chi connectivity index (χ1n) is 8.94. The van der Waals surface area contributed by atoms with Crippen LogP contribution in [0.2, 0.25) is 0 Å². The maximum atomic E-state index is 13.2. The number of rotatable bonds is 5. The number of hydrogen-bond donors (Lipinski definition) is 1. The van der Waals surface area contributed by atoms with Crippen LogP contribution in [0.3, 0.4) is 0 Å². The van der Waals surface area contributed by atoms with E-state index in [-0.39, 0.29) is 30.7 Å². The Balaban J connectivity index is 1.86. The maximum absolute atomic E-state index is 13.2. The fourth-order valence-corrected chi connectivity index (χ4v) is 3.91. The summed E-state index contributed by atoms with van der Waals surface area (Å²) in [5.41, 5.74) is 0.628. The summed E-state index contributed by atoms with van der Waals surface area (Å²) in [5, 5.41) is 4.75. The molecular weight excluding hydrogens is 378 g/mol. The van der Waals surface area contributed by atoms with Crippen LogP contribution in [0.15, 0.2) is 41.8 Å². The van der Waals surface area contributed by atoms with Crippen molar-refractivity contribution in [1.82, 2.24) is 10.2 Å². The normalized spacial score (nSPS) is 16.5. The van der Waals surface area contributed by atoms with Gasteiger partial charge in [0.05, 0.1) is 24.7 Å². The maximum Gasteiger partial charge on any atom is 0.265 e. The molecule has 1 aromatic heterocycles. The number of carbonyl (C=O) groups excluding carboxylic acids is 3. The molecule has 2 heterocycles. The first-order chi connectivity index (χ1) is 13.4. The van der Waals surface area contributed by atoms with Gasteiger partial charge in [0, 0.05) is 25.9 Å². The van der Waals surface area contributed by atoms with Crippen LogP contribution in [-0.2, 0) is 14.4 Å².